The Kier molecular flexibility index (Phi) is 5.98. The van der Waals surface area contributed by atoms with Gasteiger partial charge in [0.25, 0.3) is 0 Å². The fourth-order valence-corrected chi connectivity index (χ4v) is 2.82. The van der Waals surface area contributed by atoms with Gasteiger partial charge in [0, 0.05) is 20.1 Å². The smallest absolute Gasteiger partial charge is 0.0821 e. The Morgan fingerprint density at radius 2 is 2.16 bits per heavy atom. The highest BCUT2D eigenvalue weighted by Gasteiger charge is 2.34. The van der Waals surface area contributed by atoms with Crippen molar-refractivity contribution >= 4 is 15.9 Å². The largest absolute Gasteiger partial charge is 0.374 e. The van der Waals surface area contributed by atoms with Gasteiger partial charge >= 0.3 is 0 Å². The van der Waals surface area contributed by atoms with Gasteiger partial charge in [-0.05, 0) is 43.1 Å². The number of nitrogens with zero attached hydrogens (tertiary/aromatic N) is 2. The Balaban J connectivity index is 2.98. The van der Waals surface area contributed by atoms with Crippen LogP contribution >= 0.6 is 15.9 Å². The van der Waals surface area contributed by atoms with Crippen molar-refractivity contribution in [1.29, 1.82) is 0 Å². The highest BCUT2D eigenvalue weighted by molar-refractivity contribution is 9.10. The van der Waals surface area contributed by atoms with E-state index in [1.165, 1.54) is 0 Å². The van der Waals surface area contributed by atoms with E-state index in [9.17, 15) is 0 Å². The first kappa shape index (κ1) is 16.6. The van der Waals surface area contributed by atoms with Gasteiger partial charge in [-0.25, -0.2) is 0 Å². The highest BCUT2D eigenvalue weighted by Crippen LogP contribution is 2.27. The van der Waals surface area contributed by atoms with E-state index >= 15 is 0 Å². The van der Waals surface area contributed by atoms with E-state index in [0.717, 1.165) is 28.7 Å². The fourth-order valence-electron chi connectivity index (χ4n) is 2.33. The second-order valence-electron chi connectivity index (χ2n) is 4.99. The zero-order valence-corrected chi connectivity index (χ0v) is 14.0. The number of halogens is 1. The lowest BCUT2D eigenvalue weighted by Gasteiger charge is -2.36. The molecule has 0 aromatic carbocycles. The number of nitrogens with one attached hydrogen (secondary N) is 1. The van der Waals surface area contributed by atoms with Gasteiger partial charge in [0.05, 0.1) is 27.5 Å². The minimum atomic E-state index is -0.291. The van der Waals surface area contributed by atoms with Crippen LogP contribution in [0.15, 0.2) is 4.47 Å². The molecule has 0 aliphatic carbocycles. The average Bonchev–Trinajstić information content (AvgIpc) is 2.61. The van der Waals surface area contributed by atoms with Crippen LogP contribution in [-0.4, -0.2) is 28.0 Å². The van der Waals surface area contributed by atoms with Crippen LogP contribution in [0.1, 0.15) is 38.6 Å². The van der Waals surface area contributed by atoms with Crippen LogP contribution in [0.25, 0.3) is 0 Å². The van der Waals surface area contributed by atoms with Crippen molar-refractivity contribution < 1.29 is 4.74 Å². The molecular weight excluding hydrogens is 308 g/mol. The standard InChI is InChI=1S/C13H25BrN4O/c1-6-13(4,19-7-2)11(16-15)8-10-12(14)9(3)17-18(10)5/h11,16H,6-8,15H2,1-5H3. The second-order valence-corrected chi connectivity index (χ2v) is 5.79. The lowest BCUT2D eigenvalue weighted by Crippen LogP contribution is -2.54. The second kappa shape index (κ2) is 6.83. The van der Waals surface area contributed by atoms with Gasteiger partial charge in [0.15, 0.2) is 0 Å². The van der Waals surface area contributed by atoms with Gasteiger partial charge in [0.2, 0.25) is 0 Å². The third kappa shape index (κ3) is 3.56. The van der Waals surface area contributed by atoms with Crippen molar-refractivity contribution in [3.05, 3.63) is 15.9 Å². The summed E-state index contributed by atoms with van der Waals surface area (Å²) in [5.74, 6) is 5.74. The van der Waals surface area contributed by atoms with Crippen molar-refractivity contribution in [2.45, 2.75) is 52.2 Å². The summed E-state index contributed by atoms with van der Waals surface area (Å²) in [6.07, 6.45) is 1.66. The van der Waals surface area contributed by atoms with Gasteiger partial charge in [-0.1, -0.05) is 6.92 Å². The van der Waals surface area contributed by atoms with Gasteiger partial charge in [-0.15, -0.1) is 0 Å². The van der Waals surface area contributed by atoms with Gasteiger partial charge in [0.1, 0.15) is 0 Å². The number of aromatic nitrogens is 2. The van der Waals surface area contributed by atoms with E-state index < -0.39 is 0 Å². The Morgan fingerprint density at radius 1 is 1.53 bits per heavy atom. The summed E-state index contributed by atoms with van der Waals surface area (Å²) in [6, 6.07) is 0.0311. The monoisotopic (exact) mass is 332 g/mol. The summed E-state index contributed by atoms with van der Waals surface area (Å²) in [4.78, 5) is 0. The molecule has 3 N–H and O–H groups in total. The van der Waals surface area contributed by atoms with E-state index in [0.29, 0.717) is 6.61 Å². The topological polar surface area (TPSA) is 65.1 Å². The molecule has 0 radical (unpaired) electrons. The maximum Gasteiger partial charge on any atom is 0.0821 e. The molecule has 2 atom stereocenters. The molecule has 1 aromatic heterocycles. The number of hydrogen-bond donors (Lipinski definition) is 2. The number of hydrogen-bond acceptors (Lipinski definition) is 4. The number of nitrogens with two attached hydrogens (primary N) is 1. The van der Waals surface area contributed by atoms with Crippen LogP contribution in [0.5, 0.6) is 0 Å². The van der Waals surface area contributed by atoms with Crippen molar-refractivity contribution in [3.8, 4) is 0 Å². The summed E-state index contributed by atoms with van der Waals surface area (Å²) < 4.78 is 8.84. The van der Waals surface area contributed by atoms with E-state index in [1.54, 1.807) is 0 Å². The Hall–Kier alpha value is -0.430. The normalized spacial score (nSPS) is 16.4. The Bertz CT molecular complexity index is 421. The summed E-state index contributed by atoms with van der Waals surface area (Å²) >= 11 is 3.59. The minimum Gasteiger partial charge on any atom is -0.374 e. The number of aryl methyl sites for hydroxylation is 2. The molecule has 1 aromatic rings. The molecular formula is C13H25BrN4O. The maximum absolute atomic E-state index is 5.90. The van der Waals surface area contributed by atoms with Crippen molar-refractivity contribution in [2.75, 3.05) is 6.61 Å². The van der Waals surface area contributed by atoms with Crippen LogP contribution in [-0.2, 0) is 18.2 Å². The molecule has 1 heterocycles. The predicted molar refractivity (Wildman–Crippen MR) is 80.8 cm³/mol. The Morgan fingerprint density at radius 3 is 2.53 bits per heavy atom. The molecule has 1 rings (SSSR count). The molecule has 0 bridgehead atoms. The molecule has 0 aliphatic heterocycles. The van der Waals surface area contributed by atoms with E-state index in [-0.39, 0.29) is 11.6 Å². The number of ether oxygens (including phenoxy) is 1. The van der Waals surface area contributed by atoms with Crippen LogP contribution in [0, 0.1) is 6.92 Å². The predicted octanol–water partition coefficient (Wildman–Crippen LogP) is 2.07. The maximum atomic E-state index is 5.90. The third-order valence-corrected chi connectivity index (χ3v) is 4.81. The summed E-state index contributed by atoms with van der Waals surface area (Å²) in [5, 5.41) is 4.41. The SMILES string of the molecule is CCOC(C)(CC)C(Cc1c(Br)c(C)nn1C)NN. The average molecular weight is 333 g/mol. The highest BCUT2D eigenvalue weighted by atomic mass is 79.9. The zero-order valence-electron chi connectivity index (χ0n) is 12.5. The van der Waals surface area contributed by atoms with Crippen LogP contribution in [0.2, 0.25) is 0 Å². The molecule has 2 unspecified atom stereocenters. The first-order chi connectivity index (χ1) is 8.89. The van der Waals surface area contributed by atoms with E-state index in [4.69, 9.17) is 10.6 Å². The molecule has 0 saturated heterocycles. The zero-order chi connectivity index (χ0) is 14.6. The summed E-state index contributed by atoms with van der Waals surface area (Å²) in [6.45, 7) is 8.88. The molecule has 0 fully saturated rings. The molecule has 19 heavy (non-hydrogen) atoms. The van der Waals surface area contributed by atoms with Crippen molar-refractivity contribution in [2.24, 2.45) is 12.9 Å². The van der Waals surface area contributed by atoms with Crippen LogP contribution in [0.3, 0.4) is 0 Å². The quantitative estimate of drug-likeness (QED) is 0.592. The number of rotatable bonds is 7. The molecule has 0 saturated carbocycles. The van der Waals surface area contributed by atoms with Crippen molar-refractivity contribution in [3.63, 3.8) is 0 Å². The minimum absolute atomic E-state index is 0.0311. The lowest BCUT2D eigenvalue weighted by molar-refractivity contribution is -0.0554. The molecule has 0 spiro atoms. The van der Waals surface area contributed by atoms with Gasteiger partial charge < -0.3 is 4.74 Å². The molecule has 6 heteroatoms. The van der Waals surface area contributed by atoms with Crippen LogP contribution < -0.4 is 11.3 Å². The van der Waals surface area contributed by atoms with E-state index in [1.807, 2.05) is 25.6 Å². The molecule has 0 amide bonds. The first-order valence-corrected chi connectivity index (χ1v) is 7.46. The summed E-state index contributed by atoms with van der Waals surface area (Å²) in [5.41, 5.74) is 4.73. The molecule has 5 nitrogen and oxygen atoms in total. The van der Waals surface area contributed by atoms with Gasteiger partial charge in [-0.3, -0.25) is 16.0 Å². The fraction of sp³-hybridized carbons (Fsp3) is 0.769. The van der Waals surface area contributed by atoms with Crippen molar-refractivity contribution in [1.82, 2.24) is 15.2 Å². The molecule has 110 valence electrons. The summed E-state index contributed by atoms with van der Waals surface area (Å²) in [7, 11) is 1.95. The van der Waals surface area contributed by atoms with E-state index in [2.05, 4.69) is 40.3 Å². The lowest BCUT2D eigenvalue weighted by atomic mass is 9.90. The van der Waals surface area contributed by atoms with Gasteiger partial charge in [-0.2, -0.15) is 5.10 Å². The van der Waals surface area contributed by atoms with Crippen LogP contribution in [0.4, 0.5) is 0 Å². The Labute approximate surface area is 124 Å². The first-order valence-electron chi connectivity index (χ1n) is 6.67. The number of hydrazine groups is 1. The molecule has 0 aliphatic rings. The third-order valence-electron chi connectivity index (χ3n) is 3.77.